The minimum atomic E-state index is 0.248. The predicted octanol–water partition coefficient (Wildman–Crippen LogP) is 3.37. The third-order valence-electron chi connectivity index (χ3n) is 3.08. The van der Waals surface area contributed by atoms with Gasteiger partial charge >= 0.3 is 0 Å². The van der Waals surface area contributed by atoms with Crippen molar-refractivity contribution in [3.63, 3.8) is 0 Å². The number of benzene rings is 1. The van der Waals surface area contributed by atoms with Crippen molar-refractivity contribution in [3.8, 4) is 0 Å². The van der Waals surface area contributed by atoms with E-state index in [9.17, 15) is 4.79 Å². The fourth-order valence-corrected chi connectivity index (χ4v) is 2.97. The summed E-state index contributed by atoms with van der Waals surface area (Å²) in [5.41, 5.74) is 3.67. The highest BCUT2D eigenvalue weighted by Gasteiger charge is 2.24. The monoisotopic (exact) mass is 249 g/mol. The van der Waals surface area contributed by atoms with Crippen LogP contribution in [-0.2, 0) is 11.2 Å². The molecule has 1 saturated heterocycles. The number of rotatable bonds is 4. The number of carbonyl (C=O) groups is 1. The van der Waals surface area contributed by atoms with Crippen LogP contribution in [-0.4, -0.2) is 17.5 Å². The maximum Gasteiger partial charge on any atom is 0.237 e. The van der Waals surface area contributed by atoms with E-state index < -0.39 is 0 Å². The molecule has 3 heteroatoms. The van der Waals surface area contributed by atoms with Crippen LogP contribution in [0, 0.1) is 6.92 Å². The molecule has 1 heterocycles. The number of hydrogen-bond donors (Lipinski definition) is 0. The normalized spacial score (nSPS) is 15.6. The van der Waals surface area contributed by atoms with Crippen LogP contribution in [0.3, 0.4) is 0 Å². The Morgan fingerprint density at radius 1 is 1.41 bits per heavy atom. The molecule has 2 rings (SSSR count). The van der Waals surface area contributed by atoms with Crippen LogP contribution in [0.5, 0.6) is 0 Å². The van der Waals surface area contributed by atoms with Gasteiger partial charge in [-0.3, -0.25) is 4.79 Å². The Hall–Kier alpha value is -0.960. The number of amides is 1. The van der Waals surface area contributed by atoms with Crippen LogP contribution in [0.25, 0.3) is 0 Å². The molecule has 1 fully saturated rings. The number of nitrogens with zero attached hydrogens (tertiary/aromatic N) is 1. The Morgan fingerprint density at radius 3 is 2.88 bits per heavy atom. The van der Waals surface area contributed by atoms with Gasteiger partial charge in [0.15, 0.2) is 0 Å². The molecule has 0 radical (unpaired) electrons. The zero-order valence-corrected chi connectivity index (χ0v) is 11.3. The summed E-state index contributed by atoms with van der Waals surface area (Å²) in [4.78, 5) is 13.8. The largest absolute Gasteiger partial charge is 0.302 e. The van der Waals surface area contributed by atoms with E-state index in [1.54, 1.807) is 11.8 Å². The molecule has 0 saturated carbocycles. The lowest BCUT2D eigenvalue weighted by Gasteiger charge is -2.19. The second-order valence-electron chi connectivity index (χ2n) is 4.54. The topological polar surface area (TPSA) is 20.3 Å². The molecule has 0 atom stereocenters. The van der Waals surface area contributed by atoms with Crippen molar-refractivity contribution in [2.75, 3.05) is 16.5 Å². The van der Waals surface area contributed by atoms with Crippen molar-refractivity contribution in [2.24, 2.45) is 0 Å². The van der Waals surface area contributed by atoms with Gasteiger partial charge in [-0.05, 0) is 37.0 Å². The molecule has 1 aliphatic heterocycles. The Morgan fingerprint density at radius 2 is 2.24 bits per heavy atom. The van der Waals surface area contributed by atoms with Crippen LogP contribution in [0.4, 0.5) is 5.69 Å². The van der Waals surface area contributed by atoms with E-state index in [-0.39, 0.29) is 5.91 Å². The van der Waals surface area contributed by atoms with E-state index in [1.165, 1.54) is 24.0 Å². The van der Waals surface area contributed by atoms with Gasteiger partial charge in [0, 0.05) is 5.69 Å². The summed E-state index contributed by atoms with van der Waals surface area (Å²) < 4.78 is 0. The lowest BCUT2D eigenvalue weighted by molar-refractivity contribution is -0.115. The number of anilines is 1. The molecular formula is C14H19NOS. The van der Waals surface area contributed by atoms with Gasteiger partial charge in [-0.1, -0.05) is 25.5 Å². The Labute approximate surface area is 107 Å². The summed E-state index contributed by atoms with van der Waals surface area (Å²) in [6.07, 6.45) is 3.45. The lowest BCUT2D eigenvalue weighted by atomic mass is 10.0. The number of carbonyl (C=O) groups excluding carboxylic acids is 1. The molecule has 17 heavy (non-hydrogen) atoms. The Balaban J connectivity index is 2.29. The van der Waals surface area contributed by atoms with Gasteiger partial charge < -0.3 is 4.90 Å². The average molecular weight is 249 g/mol. The van der Waals surface area contributed by atoms with Crippen LogP contribution < -0.4 is 4.90 Å². The number of unbranched alkanes of at least 4 members (excludes halogenated alkanes) is 1. The highest BCUT2D eigenvalue weighted by Crippen LogP contribution is 2.29. The van der Waals surface area contributed by atoms with Gasteiger partial charge in [-0.15, -0.1) is 11.8 Å². The maximum atomic E-state index is 11.8. The molecule has 0 aliphatic carbocycles. The predicted molar refractivity (Wildman–Crippen MR) is 74.6 cm³/mol. The van der Waals surface area contributed by atoms with Crippen molar-refractivity contribution >= 4 is 23.4 Å². The SMILES string of the molecule is CCCCc1ccc(C)cc1N1CSCC1=O. The van der Waals surface area contributed by atoms with Gasteiger partial charge in [0.2, 0.25) is 5.91 Å². The van der Waals surface area contributed by atoms with E-state index in [0.29, 0.717) is 5.75 Å². The molecular weight excluding hydrogens is 230 g/mol. The molecule has 0 N–H and O–H groups in total. The van der Waals surface area contributed by atoms with Crippen molar-refractivity contribution in [3.05, 3.63) is 29.3 Å². The summed E-state index contributed by atoms with van der Waals surface area (Å²) >= 11 is 1.70. The third-order valence-corrected chi connectivity index (χ3v) is 3.97. The number of aryl methyl sites for hydroxylation is 2. The van der Waals surface area contributed by atoms with Crippen molar-refractivity contribution in [1.82, 2.24) is 0 Å². The van der Waals surface area contributed by atoms with E-state index in [1.807, 2.05) is 4.90 Å². The number of thioether (sulfide) groups is 1. The lowest BCUT2D eigenvalue weighted by Crippen LogP contribution is -2.26. The van der Waals surface area contributed by atoms with Gasteiger partial charge in [-0.2, -0.15) is 0 Å². The van der Waals surface area contributed by atoms with Gasteiger partial charge in [-0.25, -0.2) is 0 Å². The van der Waals surface area contributed by atoms with Gasteiger partial charge in [0.25, 0.3) is 0 Å². The van der Waals surface area contributed by atoms with Crippen molar-refractivity contribution in [1.29, 1.82) is 0 Å². The van der Waals surface area contributed by atoms with Crippen molar-refractivity contribution < 1.29 is 4.79 Å². The molecule has 1 aromatic carbocycles. The molecule has 0 unspecified atom stereocenters. The quantitative estimate of drug-likeness (QED) is 0.815. The van der Waals surface area contributed by atoms with E-state index >= 15 is 0 Å². The summed E-state index contributed by atoms with van der Waals surface area (Å²) in [6, 6.07) is 6.47. The minimum Gasteiger partial charge on any atom is -0.302 e. The van der Waals surface area contributed by atoms with Crippen LogP contribution in [0.1, 0.15) is 30.9 Å². The highest BCUT2D eigenvalue weighted by molar-refractivity contribution is 8.00. The smallest absolute Gasteiger partial charge is 0.237 e. The molecule has 1 aliphatic rings. The van der Waals surface area contributed by atoms with E-state index in [0.717, 1.165) is 18.0 Å². The minimum absolute atomic E-state index is 0.248. The first-order valence-electron chi connectivity index (χ1n) is 6.20. The van der Waals surface area contributed by atoms with Gasteiger partial charge in [0.1, 0.15) is 0 Å². The number of hydrogen-bond acceptors (Lipinski definition) is 2. The molecule has 92 valence electrons. The maximum absolute atomic E-state index is 11.8. The van der Waals surface area contributed by atoms with Crippen LogP contribution in [0.2, 0.25) is 0 Å². The van der Waals surface area contributed by atoms with Crippen LogP contribution in [0.15, 0.2) is 18.2 Å². The molecule has 0 spiro atoms. The second-order valence-corrected chi connectivity index (χ2v) is 5.49. The molecule has 0 aromatic heterocycles. The average Bonchev–Trinajstić information content (AvgIpc) is 2.74. The summed E-state index contributed by atoms with van der Waals surface area (Å²) in [6.45, 7) is 4.28. The van der Waals surface area contributed by atoms with E-state index in [2.05, 4.69) is 32.0 Å². The van der Waals surface area contributed by atoms with E-state index in [4.69, 9.17) is 0 Å². The summed E-state index contributed by atoms with van der Waals surface area (Å²) in [5, 5.41) is 0. The Bertz CT molecular complexity index is 417. The van der Waals surface area contributed by atoms with Crippen molar-refractivity contribution in [2.45, 2.75) is 33.1 Å². The first kappa shape index (κ1) is 12.5. The first-order valence-corrected chi connectivity index (χ1v) is 7.35. The van der Waals surface area contributed by atoms with Crippen LogP contribution >= 0.6 is 11.8 Å². The summed E-state index contributed by atoms with van der Waals surface area (Å²) in [7, 11) is 0. The zero-order valence-electron chi connectivity index (χ0n) is 10.5. The van der Waals surface area contributed by atoms with Gasteiger partial charge in [0.05, 0.1) is 11.6 Å². The fourth-order valence-electron chi connectivity index (χ4n) is 2.08. The molecule has 0 bridgehead atoms. The molecule has 1 aromatic rings. The summed E-state index contributed by atoms with van der Waals surface area (Å²) in [5.74, 6) is 1.68. The molecule has 2 nitrogen and oxygen atoms in total. The second kappa shape index (κ2) is 5.58. The first-order chi connectivity index (χ1) is 8.22. The third kappa shape index (κ3) is 2.83. The highest BCUT2D eigenvalue weighted by atomic mass is 32.2. The Kier molecular flexibility index (Phi) is 4.11. The standard InChI is InChI=1S/C14H19NOS/c1-3-4-5-12-7-6-11(2)8-13(12)15-10-17-9-14(15)16/h6-8H,3-5,9-10H2,1-2H3. The fraction of sp³-hybridized carbons (Fsp3) is 0.500. The zero-order chi connectivity index (χ0) is 12.3. The molecule has 1 amide bonds.